The third-order valence-electron chi connectivity index (χ3n) is 3.00. The van der Waals surface area contributed by atoms with Gasteiger partial charge in [-0.1, -0.05) is 53.0 Å². The molecule has 0 aliphatic rings. The lowest BCUT2D eigenvalue weighted by molar-refractivity contribution is 0.310. The molecule has 0 bridgehead atoms. The van der Waals surface area contributed by atoms with Crippen LogP contribution in [0.1, 0.15) is 53.4 Å². The van der Waals surface area contributed by atoms with E-state index in [-0.39, 0.29) is 0 Å². The minimum Gasteiger partial charge on any atom is -0.103 e. The first-order valence-corrected chi connectivity index (χ1v) is 5.72. The largest absolute Gasteiger partial charge is 0.103 e. The molecule has 0 aromatic rings. The van der Waals surface area contributed by atoms with Crippen molar-refractivity contribution in [3.05, 3.63) is 12.7 Å². The Bertz CT molecular complexity index is 124. The van der Waals surface area contributed by atoms with Crippen LogP contribution in [0.4, 0.5) is 0 Å². The highest BCUT2D eigenvalue weighted by Crippen LogP contribution is 2.25. The Morgan fingerprint density at radius 1 is 1.15 bits per heavy atom. The van der Waals surface area contributed by atoms with Crippen molar-refractivity contribution in [3.63, 3.8) is 0 Å². The van der Waals surface area contributed by atoms with Gasteiger partial charge in [0.25, 0.3) is 0 Å². The van der Waals surface area contributed by atoms with Gasteiger partial charge in [0.1, 0.15) is 0 Å². The second-order valence-corrected chi connectivity index (χ2v) is 4.64. The fourth-order valence-electron chi connectivity index (χ4n) is 1.85. The van der Waals surface area contributed by atoms with E-state index >= 15 is 0 Å². The lowest BCUT2D eigenvalue weighted by Gasteiger charge is -2.22. The molecule has 0 spiro atoms. The maximum Gasteiger partial charge on any atom is -0.0322 e. The van der Waals surface area contributed by atoms with Crippen LogP contribution in [-0.2, 0) is 0 Å². The van der Waals surface area contributed by atoms with Crippen molar-refractivity contribution >= 4 is 0 Å². The van der Waals surface area contributed by atoms with Gasteiger partial charge in [0.05, 0.1) is 0 Å². The topological polar surface area (TPSA) is 0 Å². The molecule has 0 rings (SSSR count). The molecule has 0 radical (unpaired) electrons. The molecule has 0 amide bonds. The number of hydrogen-bond donors (Lipinski definition) is 0. The van der Waals surface area contributed by atoms with Gasteiger partial charge in [0.15, 0.2) is 0 Å². The summed E-state index contributed by atoms with van der Waals surface area (Å²) in [7, 11) is 0. The molecule has 0 saturated heterocycles. The molecule has 78 valence electrons. The van der Waals surface area contributed by atoms with Crippen molar-refractivity contribution in [1.82, 2.24) is 0 Å². The highest BCUT2D eigenvalue weighted by atomic mass is 14.2. The Kier molecular flexibility index (Phi) is 7.03. The summed E-state index contributed by atoms with van der Waals surface area (Å²) in [5, 5.41) is 0. The highest BCUT2D eigenvalue weighted by Gasteiger charge is 2.13. The summed E-state index contributed by atoms with van der Waals surface area (Å²) in [6.07, 6.45) is 7.31. The minimum absolute atomic E-state index is 0.851. The summed E-state index contributed by atoms with van der Waals surface area (Å²) in [6.45, 7) is 13.1. The first-order valence-electron chi connectivity index (χ1n) is 5.72. The van der Waals surface area contributed by atoms with Crippen LogP contribution in [0.5, 0.6) is 0 Å². The van der Waals surface area contributed by atoms with Gasteiger partial charge < -0.3 is 0 Å². The summed E-state index contributed by atoms with van der Waals surface area (Å²) in [4.78, 5) is 0. The normalized spacial score (nSPS) is 15.8. The number of allylic oxidation sites excluding steroid dienone is 1. The summed E-state index contributed by atoms with van der Waals surface area (Å²) in [5.41, 5.74) is 0. The molecule has 0 N–H and O–H groups in total. The van der Waals surface area contributed by atoms with E-state index in [0.29, 0.717) is 0 Å². The third-order valence-corrected chi connectivity index (χ3v) is 3.00. The van der Waals surface area contributed by atoms with Gasteiger partial charge in [-0.3, -0.25) is 0 Å². The molecule has 0 aliphatic carbocycles. The molecule has 2 atom stereocenters. The van der Waals surface area contributed by atoms with Crippen molar-refractivity contribution in [1.29, 1.82) is 0 Å². The Hall–Kier alpha value is -0.260. The van der Waals surface area contributed by atoms with Gasteiger partial charge in [0, 0.05) is 0 Å². The Labute approximate surface area is 84.4 Å². The van der Waals surface area contributed by atoms with Gasteiger partial charge in [-0.05, 0) is 24.2 Å². The van der Waals surface area contributed by atoms with E-state index in [1.807, 2.05) is 0 Å². The minimum atomic E-state index is 0.851. The second-order valence-electron chi connectivity index (χ2n) is 4.64. The van der Waals surface area contributed by atoms with E-state index in [2.05, 4.69) is 40.3 Å². The van der Waals surface area contributed by atoms with Crippen molar-refractivity contribution in [3.8, 4) is 0 Å². The van der Waals surface area contributed by atoms with Crippen LogP contribution in [0.2, 0.25) is 0 Å². The van der Waals surface area contributed by atoms with Gasteiger partial charge in [-0.25, -0.2) is 0 Å². The highest BCUT2D eigenvalue weighted by molar-refractivity contribution is 4.76. The predicted molar refractivity (Wildman–Crippen MR) is 61.8 cm³/mol. The molecule has 13 heavy (non-hydrogen) atoms. The molecular weight excluding hydrogens is 156 g/mol. The molecule has 2 unspecified atom stereocenters. The van der Waals surface area contributed by atoms with Crippen LogP contribution in [-0.4, -0.2) is 0 Å². The van der Waals surface area contributed by atoms with Crippen LogP contribution >= 0.6 is 0 Å². The Morgan fingerprint density at radius 3 is 2.15 bits per heavy atom. The van der Waals surface area contributed by atoms with Crippen LogP contribution < -0.4 is 0 Å². The SMILES string of the molecule is C=CCC(CC)C(C)CCC(C)C. The summed E-state index contributed by atoms with van der Waals surface area (Å²) < 4.78 is 0. The molecule has 0 nitrogen and oxygen atoms in total. The van der Waals surface area contributed by atoms with Crippen molar-refractivity contribution < 1.29 is 0 Å². The smallest absolute Gasteiger partial charge is 0.0322 e. The van der Waals surface area contributed by atoms with Crippen LogP contribution in [0.15, 0.2) is 12.7 Å². The van der Waals surface area contributed by atoms with Crippen LogP contribution in [0.3, 0.4) is 0 Å². The molecule has 0 aromatic carbocycles. The average molecular weight is 182 g/mol. The van der Waals surface area contributed by atoms with Gasteiger partial charge >= 0.3 is 0 Å². The number of hydrogen-bond acceptors (Lipinski definition) is 0. The molecular formula is C13H26. The third kappa shape index (κ3) is 5.90. The zero-order valence-electron chi connectivity index (χ0n) is 9.84. The predicted octanol–water partition coefficient (Wildman–Crippen LogP) is 4.66. The van der Waals surface area contributed by atoms with E-state index in [1.54, 1.807) is 0 Å². The molecule has 0 fully saturated rings. The molecule has 0 saturated carbocycles. The number of rotatable bonds is 7. The van der Waals surface area contributed by atoms with Crippen molar-refractivity contribution in [2.75, 3.05) is 0 Å². The zero-order valence-corrected chi connectivity index (χ0v) is 9.84. The average Bonchev–Trinajstić information content (AvgIpc) is 2.10. The molecule has 0 heteroatoms. The van der Waals surface area contributed by atoms with E-state index < -0.39 is 0 Å². The maximum absolute atomic E-state index is 3.83. The van der Waals surface area contributed by atoms with E-state index in [9.17, 15) is 0 Å². The second kappa shape index (κ2) is 7.17. The van der Waals surface area contributed by atoms with Gasteiger partial charge in [0.2, 0.25) is 0 Å². The summed E-state index contributed by atoms with van der Waals surface area (Å²) >= 11 is 0. The maximum atomic E-state index is 3.83. The summed E-state index contributed by atoms with van der Waals surface area (Å²) in [5.74, 6) is 2.57. The fourth-order valence-corrected chi connectivity index (χ4v) is 1.85. The van der Waals surface area contributed by atoms with Gasteiger partial charge in [-0.2, -0.15) is 0 Å². The first-order chi connectivity index (χ1) is 6.11. The first kappa shape index (κ1) is 12.7. The molecule has 0 heterocycles. The van der Waals surface area contributed by atoms with Crippen LogP contribution in [0, 0.1) is 17.8 Å². The molecule has 0 aromatic heterocycles. The van der Waals surface area contributed by atoms with Gasteiger partial charge in [-0.15, -0.1) is 6.58 Å². The van der Waals surface area contributed by atoms with Crippen LogP contribution in [0.25, 0.3) is 0 Å². The standard InChI is InChI=1S/C13H26/c1-6-8-13(7-2)12(5)10-9-11(3)4/h6,11-13H,1,7-10H2,2-5H3. The van der Waals surface area contributed by atoms with E-state index in [0.717, 1.165) is 17.8 Å². The quantitative estimate of drug-likeness (QED) is 0.502. The van der Waals surface area contributed by atoms with E-state index in [1.165, 1.54) is 25.7 Å². The lowest BCUT2D eigenvalue weighted by Crippen LogP contribution is -2.10. The lowest BCUT2D eigenvalue weighted by atomic mass is 9.84. The van der Waals surface area contributed by atoms with E-state index in [4.69, 9.17) is 0 Å². The Balaban J connectivity index is 3.76. The summed E-state index contributed by atoms with van der Waals surface area (Å²) in [6, 6.07) is 0. The zero-order chi connectivity index (χ0) is 10.3. The fraction of sp³-hybridized carbons (Fsp3) is 0.846. The van der Waals surface area contributed by atoms with Crippen molar-refractivity contribution in [2.24, 2.45) is 17.8 Å². The molecule has 0 aliphatic heterocycles. The Morgan fingerprint density at radius 2 is 1.77 bits per heavy atom. The van der Waals surface area contributed by atoms with Crippen molar-refractivity contribution in [2.45, 2.75) is 53.4 Å². The monoisotopic (exact) mass is 182 g/mol.